The summed E-state index contributed by atoms with van der Waals surface area (Å²) in [5, 5.41) is 16.4. The van der Waals surface area contributed by atoms with Gasteiger partial charge in [-0.3, -0.25) is 14.9 Å². The van der Waals surface area contributed by atoms with E-state index in [9.17, 15) is 14.9 Å². The number of nitrogens with one attached hydrogen (secondary N) is 1. The second kappa shape index (κ2) is 6.59. The van der Waals surface area contributed by atoms with Crippen molar-refractivity contribution in [1.29, 1.82) is 0 Å². The lowest BCUT2D eigenvalue weighted by molar-refractivity contribution is -0.384. The molecule has 7 heteroatoms. The van der Waals surface area contributed by atoms with Gasteiger partial charge in [-0.2, -0.15) is 0 Å². The molecule has 120 valence electrons. The van der Waals surface area contributed by atoms with Crippen LogP contribution in [0.5, 0.6) is 0 Å². The van der Waals surface area contributed by atoms with Crippen molar-refractivity contribution in [3.8, 4) is 11.3 Å². The number of benzene rings is 2. The molecule has 3 rings (SSSR count). The van der Waals surface area contributed by atoms with Gasteiger partial charge in [0.05, 0.1) is 15.6 Å². The maximum atomic E-state index is 12.3. The highest BCUT2D eigenvalue weighted by molar-refractivity contribution is 7.09. The van der Waals surface area contributed by atoms with E-state index in [1.165, 1.54) is 24.3 Å². The van der Waals surface area contributed by atoms with Crippen LogP contribution in [0.3, 0.4) is 0 Å². The van der Waals surface area contributed by atoms with Crippen molar-refractivity contribution < 1.29 is 9.72 Å². The van der Waals surface area contributed by atoms with Crippen LogP contribution < -0.4 is 5.32 Å². The Kier molecular flexibility index (Phi) is 4.35. The molecular weight excluding hydrogens is 326 g/mol. The second-order valence-electron chi connectivity index (χ2n) is 5.09. The van der Waals surface area contributed by atoms with E-state index in [0.717, 1.165) is 16.3 Å². The Balaban J connectivity index is 1.78. The molecule has 1 N–H and O–H groups in total. The molecule has 3 aromatic rings. The maximum Gasteiger partial charge on any atom is 0.269 e. The molecule has 0 saturated heterocycles. The van der Waals surface area contributed by atoms with Gasteiger partial charge in [-0.05, 0) is 31.2 Å². The van der Waals surface area contributed by atoms with Gasteiger partial charge < -0.3 is 5.32 Å². The maximum absolute atomic E-state index is 12.3. The Morgan fingerprint density at radius 3 is 2.58 bits per heavy atom. The molecule has 0 radical (unpaired) electrons. The number of rotatable bonds is 4. The summed E-state index contributed by atoms with van der Waals surface area (Å²) < 4.78 is 0. The van der Waals surface area contributed by atoms with E-state index in [2.05, 4.69) is 10.3 Å². The van der Waals surface area contributed by atoms with Gasteiger partial charge in [0.2, 0.25) is 0 Å². The number of amides is 1. The SMILES string of the molecule is Cc1nc(-c2cccc(NC(=O)c3ccc([N+](=O)[O-])cc3)c2)cs1. The van der Waals surface area contributed by atoms with Crippen LogP contribution in [0.1, 0.15) is 15.4 Å². The Bertz CT molecular complexity index is 903. The quantitative estimate of drug-likeness (QED) is 0.568. The van der Waals surface area contributed by atoms with Crippen molar-refractivity contribution >= 4 is 28.6 Å². The lowest BCUT2D eigenvalue weighted by Gasteiger charge is -2.06. The number of non-ortho nitro benzene ring substituents is 1. The van der Waals surface area contributed by atoms with E-state index < -0.39 is 4.92 Å². The lowest BCUT2D eigenvalue weighted by Crippen LogP contribution is -2.11. The lowest BCUT2D eigenvalue weighted by atomic mass is 10.1. The molecular formula is C17H13N3O3S. The number of aryl methyl sites for hydroxylation is 1. The van der Waals surface area contributed by atoms with Crippen LogP contribution in [0.25, 0.3) is 11.3 Å². The Morgan fingerprint density at radius 2 is 1.96 bits per heavy atom. The molecule has 0 aliphatic heterocycles. The molecule has 0 fully saturated rings. The van der Waals surface area contributed by atoms with E-state index in [-0.39, 0.29) is 11.6 Å². The fourth-order valence-corrected chi connectivity index (χ4v) is 2.81. The van der Waals surface area contributed by atoms with Crippen LogP contribution in [0.15, 0.2) is 53.9 Å². The van der Waals surface area contributed by atoms with Gasteiger partial charge in [0.15, 0.2) is 0 Å². The van der Waals surface area contributed by atoms with Crippen molar-refractivity contribution in [3.05, 3.63) is 74.6 Å². The van der Waals surface area contributed by atoms with Crippen molar-refractivity contribution in [2.24, 2.45) is 0 Å². The number of carbonyl (C=O) groups excluding carboxylic acids is 1. The van der Waals surface area contributed by atoms with E-state index in [1.807, 2.05) is 30.5 Å². The first-order chi connectivity index (χ1) is 11.5. The van der Waals surface area contributed by atoms with Gasteiger partial charge in [-0.1, -0.05) is 12.1 Å². The molecule has 6 nitrogen and oxygen atoms in total. The zero-order valence-corrected chi connectivity index (χ0v) is 13.5. The third-order valence-corrected chi connectivity index (χ3v) is 4.15. The summed E-state index contributed by atoms with van der Waals surface area (Å²) in [6.07, 6.45) is 0. The zero-order chi connectivity index (χ0) is 17.1. The summed E-state index contributed by atoms with van der Waals surface area (Å²) in [5.41, 5.74) is 2.73. The van der Waals surface area contributed by atoms with Crippen LogP contribution in [-0.2, 0) is 0 Å². The Labute approximate surface area is 141 Å². The van der Waals surface area contributed by atoms with E-state index in [1.54, 1.807) is 17.4 Å². The number of hydrogen-bond acceptors (Lipinski definition) is 5. The summed E-state index contributed by atoms with van der Waals surface area (Å²) in [6, 6.07) is 12.9. The van der Waals surface area contributed by atoms with Crippen molar-refractivity contribution in [3.63, 3.8) is 0 Å². The van der Waals surface area contributed by atoms with Gasteiger partial charge in [0.25, 0.3) is 11.6 Å². The van der Waals surface area contributed by atoms with Gasteiger partial charge in [0, 0.05) is 34.3 Å². The molecule has 0 bridgehead atoms. The third kappa shape index (κ3) is 3.47. The van der Waals surface area contributed by atoms with Gasteiger partial charge in [-0.15, -0.1) is 11.3 Å². The number of nitrogens with zero attached hydrogens (tertiary/aromatic N) is 2. The Hall–Kier alpha value is -3.06. The van der Waals surface area contributed by atoms with E-state index in [4.69, 9.17) is 0 Å². The minimum absolute atomic E-state index is 0.0487. The van der Waals surface area contributed by atoms with Gasteiger partial charge in [0.1, 0.15) is 0 Å². The first-order valence-electron chi connectivity index (χ1n) is 7.11. The van der Waals surface area contributed by atoms with E-state index in [0.29, 0.717) is 11.3 Å². The molecule has 1 heterocycles. The summed E-state index contributed by atoms with van der Waals surface area (Å²) in [5.74, 6) is -0.323. The third-order valence-electron chi connectivity index (χ3n) is 3.38. The number of aromatic nitrogens is 1. The van der Waals surface area contributed by atoms with E-state index >= 15 is 0 Å². The highest BCUT2D eigenvalue weighted by atomic mass is 32.1. The van der Waals surface area contributed by atoms with Crippen molar-refractivity contribution in [2.45, 2.75) is 6.92 Å². The van der Waals surface area contributed by atoms with Crippen molar-refractivity contribution in [2.75, 3.05) is 5.32 Å². The van der Waals surface area contributed by atoms with Gasteiger partial charge in [-0.25, -0.2) is 4.98 Å². The minimum atomic E-state index is -0.499. The van der Waals surface area contributed by atoms with Crippen LogP contribution in [0.2, 0.25) is 0 Å². The average molecular weight is 339 g/mol. The minimum Gasteiger partial charge on any atom is -0.322 e. The van der Waals surface area contributed by atoms with Crippen LogP contribution in [0, 0.1) is 17.0 Å². The first-order valence-corrected chi connectivity index (χ1v) is 7.99. The topological polar surface area (TPSA) is 85.1 Å². The smallest absolute Gasteiger partial charge is 0.269 e. The Morgan fingerprint density at radius 1 is 1.21 bits per heavy atom. The highest BCUT2D eigenvalue weighted by Gasteiger charge is 2.10. The second-order valence-corrected chi connectivity index (χ2v) is 6.15. The van der Waals surface area contributed by atoms with Crippen LogP contribution in [-0.4, -0.2) is 15.8 Å². The largest absolute Gasteiger partial charge is 0.322 e. The molecule has 0 aliphatic carbocycles. The number of carbonyl (C=O) groups is 1. The summed E-state index contributed by atoms with van der Waals surface area (Å²) in [4.78, 5) is 26.8. The predicted molar refractivity (Wildman–Crippen MR) is 93.3 cm³/mol. The number of anilines is 1. The van der Waals surface area contributed by atoms with Crippen LogP contribution in [0.4, 0.5) is 11.4 Å². The number of thiazole rings is 1. The normalized spacial score (nSPS) is 10.4. The van der Waals surface area contributed by atoms with Gasteiger partial charge >= 0.3 is 0 Å². The number of nitro benzene ring substituents is 1. The summed E-state index contributed by atoms with van der Waals surface area (Å²) >= 11 is 1.57. The number of nitro groups is 1. The number of hydrogen-bond donors (Lipinski definition) is 1. The monoisotopic (exact) mass is 339 g/mol. The van der Waals surface area contributed by atoms with Crippen molar-refractivity contribution in [1.82, 2.24) is 4.98 Å². The molecule has 2 aromatic carbocycles. The summed E-state index contributed by atoms with van der Waals surface area (Å²) in [6.45, 7) is 1.94. The standard InChI is InChI=1S/C17H13N3O3S/c1-11-18-16(10-24-11)13-3-2-4-14(9-13)19-17(21)12-5-7-15(8-6-12)20(22)23/h2-10H,1H3,(H,19,21). The molecule has 24 heavy (non-hydrogen) atoms. The molecule has 1 amide bonds. The highest BCUT2D eigenvalue weighted by Crippen LogP contribution is 2.24. The fourth-order valence-electron chi connectivity index (χ4n) is 2.19. The molecule has 0 spiro atoms. The molecule has 0 aliphatic rings. The first kappa shape index (κ1) is 15.8. The van der Waals surface area contributed by atoms with Crippen LogP contribution >= 0.6 is 11.3 Å². The summed E-state index contributed by atoms with van der Waals surface area (Å²) in [7, 11) is 0. The molecule has 0 saturated carbocycles. The predicted octanol–water partition coefficient (Wildman–Crippen LogP) is 4.28. The average Bonchev–Trinajstić information content (AvgIpc) is 3.02. The molecule has 0 unspecified atom stereocenters. The zero-order valence-electron chi connectivity index (χ0n) is 12.7. The molecule has 1 aromatic heterocycles. The fraction of sp³-hybridized carbons (Fsp3) is 0.0588. The molecule has 0 atom stereocenters.